The van der Waals surface area contributed by atoms with Crippen LogP contribution in [-0.4, -0.2) is 44.6 Å². The predicted octanol–water partition coefficient (Wildman–Crippen LogP) is 3.70. The lowest BCUT2D eigenvalue weighted by Crippen LogP contribution is -2.58. The normalized spacial score (nSPS) is 23.1. The average molecular weight is 530 g/mol. The van der Waals surface area contributed by atoms with Crippen LogP contribution in [0.5, 0.6) is 0 Å². The van der Waals surface area contributed by atoms with Crippen LogP contribution in [0.25, 0.3) is 11.3 Å². The quantitative estimate of drug-likeness (QED) is 0.395. The molecule has 0 radical (unpaired) electrons. The van der Waals surface area contributed by atoms with Gasteiger partial charge in [0.15, 0.2) is 0 Å². The van der Waals surface area contributed by atoms with E-state index in [1.54, 1.807) is 19.9 Å². The van der Waals surface area contributed by atoms with Gasteiger partial charge in [0.1, 0.15) is 34.4 Å². The first-order valence-electron chi connectivity index (χ1n) is 11.7. The molecule has 2 aromatic heterocycles. The van der Waals surface area contributed by atoms with Crippen molar-refractivity contribution in [2.75, 3.05) is 10.6 Å². The number of amides is 2. The van der Waals surface area contributed by atoms with Crippen LogP contribution in [0, 0.1) is 17.5 Å². The number of carbonyl (C=O) groups is 2. The number of aromatic nitrogens is 2. The molecule has 0 bridgehead atoms. The molecule has 200 valence electrons. The van der Waals surface area contributed by atoms with Gasteiger partial charge in [-0.2, -0.15) is 0 Å². The Morgan fingerprint density at radius 1 is 1.13 bits per heavy atom. The lowest BCUT2D eigenvalue weighted by atomic mass is 9.83. The summed E-state index contributed by atoms with van der Waals surface area (Å²) < 4.78 is 50.0. The van der Waals surface area contributed by atoms with E-state index in [1.165, 1.54) is 19.3 Å². The van der Waals surface area contributed by atoms with Crippen LogP contribution < -0.4 is 16.4 Å². The fourth-order valence-corrected chi connectivity index (χ4v) is 4.21. The van der Waals surface area contributed by atoms with Gasteiger partial charge in [-0.3, -0.25) is 14.6 Å². The maximum absolute atomic E-state index is 14.7. The van der Waals surface area contributed by atoms with E-state index in [4.69, 9.17) is 10.5 Å². The van der Waals surface area contributed by atoms with Gasteiger partial charge in [-0.1, -0.05) is 0 Å². The van der Waals surface area contributed by atoms with E-state index in [-0.39, 0.29) is 23.5 Å². The van der Waals surface area contributed by atoms with Gasteiger partial charge in [-0.25, -0.2) is 18.2 Å². The summed E-state index contributed by atoms with van der Waals surface area (Å²) in [5.41, 5.74) is 3.72. The molecule has 12 heteroatoms. The number of ether oxygens (including phenoxy) is 1. The summed E-state index contributed by atoms with van der Waals surface area (Å²) in [5, 5.41) is 15.4. The molecule has 0 aliphatic carbocycles. The number of benzene rings is 1. The highest BCUT2D eigenvalue weighted by Gasteiger charge is 2.43. The highest BCUT2D eigenvalue weighted by atomic mass is 19.1. The summed E-state index contributed by atoms with van der Waals surface area (Å²) in [4.78, 5) is 32.2. The standard InChI is InChI=1S/C26H26F3N5O4/c1-12-26(3,37)22(30)10-21(38-12)15-6-7-31-11-20(15)34-25(36)19-5-4-16(27)24(33-19)23-17(28)8-14(9-18(23)29)32-13(2)35/h4-9,11-12,21-22,37H,10,30H2,1-3H3,(H,32,35)(H,34,36)/t12-,21-,22-,26-/m1/s1. The summed E-state index contributed by atoms with van der Waals surface area (Å²) in [7, 11) is 0. The maximum atomic E-state index is 14.7. The Morgan fingerprint density at radius 3 is 2.45 bits per heavy atom. The Morgan fingerprint density at radius 2 is 1.82 bits per heavy atom. The van der Waals surface area contributed by atoms with Gasteiger partial charge in [0.2, 0.25) is 5.91 Å². The Kier molecular flexibility index (Phi) is 7.49. The van der Waals surface area contributed by atoms with Crippen LogP contribution >= 0.6 is 0 Å². The molecule has 38 heavy (non-hydrogen) atoms. The molecule has 9 nitrogen and oxygen atoms in total. The van der Waals surface area contributed by atoms with Crippen LogP contribution in [0.2, 0.25) is 0 Å². The smallest absolute Gasteiger partial charge is 0.274 e. The molecular formula is C26H26F3N5O4. The van der Waals surface area contributed by atoms with Crippen molar-refractivity contribution in [3.8, 4) is 11.3 Å². The third-order valence-electron chi connectivity index (χ3n) is 6.54. The van der Waals surface area contributed by atoms with Crippen LogP contribution in [0.1, 0.15) is 49.3 Å². The zero-order valence-corrected chi connectivity index (χ0v) is 20.8. The summed E-state index contributed by atoms with van der Waals surface area (Å²) in [5.74, 6) is -4.75. The van der Waals surface area contributed by atoms with Gasteiger partial charge in [-0.05, 0) is 50.6 Å². The van der Waals surface area contributed by atoms with E-state index in [0.29, 0.717) is 5.56 Å². The van der Waals surface area contributed by atoms with Crippen molar-refractivity contribution in [1.82, 2.24) is 9.97 Å². The fourth-order valence-electron chi connectivity index (χ4n) is 4.21. The molecule has 4 atom stereocenters. The molecule has 2 amide bonds. The highest BCUT2D eigenvalue weighted by molar-refractivity contribution is 6.03. The molecule has 0 spiro atoms. The second-order valence-electron chi connectivity index (χ2n) is 9.28. The van der Waals surface area contributed by atoms with Crippen molar-refractivity contribution in [3.05, 3.63) is 71.4 Å². The number of carbonyl (C=O) groups excluding carboxylic acids is 2. The van der Waals surface area contributed by atoms with Gasteiger partial charge in [0, 0.05) is 30.4 Å². The first-order chi connectivity index (χ1) is 17.9. The average Bonchev–Trinajstić information content (AvgIpc) is 2.83. The molecule has 4 rings (SSSR count). The summed E-state index contributed by atoms with van der Waals surface area (Å²) in [6.45, 7) is 4.45. The van der Waals surface area contributed by atoms with Crippen LogP contribution in [0.3, 0.4) is 0 Å². The van der Waals surface area contributed by atoms with Crippen molar-refractivity contribution in [2.24, 2.45) is 5.73 Å². The topological polar surface area (TPSA) is 139 Å². The Hall–Kier alpha value is -3.87. The van der Waals surface area contributed by atoms with Crippen LogP contribution in [0.4, 0.5) is 24.5 Å². The lowest BCUT2D eigenvalue weighted by Gasteiger charge is -2.44. The number of hydrogen-bond acceptors (Lipinski definition) is 7. The SMILES string of the molecule is CC(=O)Nc1cc(F)c(-c2nc(C(=O)Nc3cnccc3[C@H]3C[C@@H](N)[C@](C)(O)[C@@H](C)O3)ccc2F)c(F)c1. The highest BCUT2D eigenvalue weighted by Crippen LogP contribution is 2.38. The number of rotatable bonds is 5. The minimum atomic E-state index is -1.24. The molecule has 5 N–H and O–H groups in total. The molecule has 0 unspecified atom stereocenters. The number of pyridine rings is 2. The van der Waals surface area contributed by atoms with Gasteiger partial charge in [0.25, 0.3) is 5.91 Å². The van der Waals surface area contributed by atoms with Crippen molar-refractivity contribution >= 4 is 23.2 Å². The first-order valence-corrected chi connectivity index (χ1v) is 11.7. The molecule has 0 saturated carbocycles. The third-order valence-corrected chi connectivity index (χ3v) is 6.54. The fraction of sp³-hybridized carbons (Fsp3) is 0.308. The minimum absolute atomic E-state index is 0.157. The number of nitrogens with two attached hydrogens (primary N) is 1. The number of halogens is 3. The van der Waals surface area contributed by atoms with E-state index in [9.17, 15) is 27.9 Å². The van der Waals surface area contributed by atoms with Crippen LogP contribution in [0.15, 0.2) is 42.7 Å². The monoisotopic (exact) mass is 529 g/mol. The lowest BCUT2D eigenvalue weighted by molar-refractivity contribution is -0.171. The van der Waals surface area contributed by atoms with E-state index < -0.39 is 64.4 Å². The number of nitrogens with one attached hydrogen (secondary N) is 2. The minimum Gasteiger partial charge on any atom is -0.386 e. The summed E-state index contributed by atoms with van der Waals surface area (Å²) in [6, 6.07) is 4.61. The predicted molar refractivity (Wildman–Crippen MR) is 133 cm³/mol. The molecule has 1 fully saturated rings. The second kappa shape index (κ2) is 10.5. The largest absolute Gasteiger partial charge is 0.386 e. The Labute approximate surface area is 216 Å². The molecule has 1 aliphatic heterocycles. The number of aliphatic hydroxyl groups is 1. The zero-order chi connectivity index (χ0) is 27.8. The number of anilines is 2. The third kappa shape index (κ3) is 5.37. The number of nitrogens with zero attached hydrogens (tertiary/aromatic N) is 2. The van der Waals surface area contributed by atoms with Gasteiger partial charge >= 0.3 is 0 Å². The van der Waals surface area contributed by atoms with Gasteiger partial charge in [0.05, 0.1) is 29.7 Å². The van der Waals surface area contributed by atoms with Crippen molar-refractivity contribution in [1.29, 1.82) is 0 Å². The first kappa shape index (κ1) is 27.2. The molecule has 1 aromatic carbocycles. The summed E-state index contributed by atoms with van der Waals surface area (Å²) >= 11 is 0. The van der Waals surface area contributed by atoms with Crippen molar-refractivity contribution < 1.29 is 32.6 Å². The van der Waals surface area contributed by atoms with Gasteiger partial charge in [-0.15, -0.1) is 0 Å². The van der Waals surface area contributed by atoms with E-state index >= 15 is 0 Å². The number of hydrogen-bond donors (Lipinski definition) is 4. The zero-order valence-electron chi connectivity index (χ0n) is 20.8. The maximum Gasteiger partial charge on any atom is 0.274 e. The van der Waals surface area contributed by atoms with Crippen molar-refractivity contribution in [2.45, 2.75) is 51.0 Å². The van der Waals surface area contributed by atoms with Gasteiger partial charge < -0.3 is 26.2 Å². The Balaban J connectivity index is 1.63. The Bertz CT molecular complexity index is 1360. The molecular weight excluding hydrogens is 503 g/mol. The van der Waals surface area contributed by atoms with E-state index in [2.05, 4.69) is 20.6 Å². The van der Waals surface area contributed by atoms with E-state index in [1.807, 2.05) is 0 Å². The van der Waals surface area contributed by atoms with Crippen molar-refractivity contribution in [3.63, 3.8) is 0 Å². The molecule has 3 aromatic rings. The summed E-state index contributed by atoms with van der Waals surface area (Å²) in [6.07, 6.45) is 1.97. The van der Waals surface area contributed by atoms with Crippen LogP contribution in [-0.2, 0) is 9.53 Å². The molecule has 1 saturated heterocycles. The molecule has 3 heterocycles. The second-order valence-corrected chi connectivity index (χ2v) is 9.28. The molecule has 1 aliphatic rings. The van der Waals surface area contributed by atoms with E-state index in [0.717, 1.165) is 24.3 Å².